The van der Waals surface area contributed by atoms with Crippen LogP contribution < -0.4 is 19.5 Å². The Balaban J connectivity index is 1.59. The van der Waals surface area contributed by atoms with Crippen molar-refractivity contribution in [3.63, 3.8) is 0 Å². The molecule has 0 spiro atoms. The van der Waals surface area contributed by atoms with Crippen LogP contribution in [-0.4, -0.2) is 76.3 Å². The number of anilines is 1. The van der Waals surface area contributed by atoms with Crippen LogP contribution in [-0.2, 0) is 6.54 Å². The molecule has 2 atom stereocenters. The van der Waals surface area contributed by atoms with Gasteiger partial charge in [0.15, 0.2) is 23.0 Å². The lowest BCUT2D eigenvalue weighted by Gasteiger charge is -2.31. The van der Waals surface area contributed by atoms with Crippen LogP contribution in [0.3, 0.4) is 0 Å². The molecule has 13 heteroatoms. The lowest BCUT2D eigenvalue weighted by Crippen LogP contribution is -2.43. The van der Waals surface area contributed by atoms with Crippen LogP contribution in [0.25, 0.3) is 16.6 Å². The van der Waals surface area contributed by atoms with Crippen LogP contribution in [0, 0.1) is 5.82 Å². The van der Waals surface area contributed by atoms with Gasteiger partial charge in [0, 0.05) is 42.1 Å². The van der Waals surface area contributed by atoms with Crippen molar-refractivity contribution in [1.29, 1.82) is 0 Å². The number of benzene rings is 2. The molecule has 1 fully saturated rings. The summed E-state index contributed by atoms with van der Waals surface area (Å²) in [6, 6.07) is 8.12. The number of rotatable bonds is 7. The predicted octanol–water partition coefficient (Wildman–Crippen LogP) is 3.86. The number of halogens is 2. The smallest absolute Gasteiger partial charge is 0.407 e. The van der Waals surface area contributed by atoms with Gasteiger partial charge in [0.05, 0.1) is 33.4 Å². The van der Waals surface area contributed by atoms with Gasteiger partial charge in [0.2, 0.25) is 5.95 Å². The van der Waals surface area contributed by atoms with Crippen molar-refractivity contribution in [3.8, 4) is 17.2 Å². The number of carboxylic acid groups (broad SMARTS) is 1. The summed E-state index contributed by atoms with van der Waals surface area (Å²) in [7, 11) is 4.48. The van der Waals surface area contributed by atoms with Crippen molar-refractivity contribution in [3.05, 3.63) is 47.5 Å². The number of nitrogens with one attached hydrogen (secondary N) is 1. The number of hydrogen-bond donors (Lipinski definition) is 2. The third-order valence-corrected chi connectivity index (χ3v) is 6.53. The third-order valence-electron chi connectivity index (χ3n) is 6.53. The summed E-state index contributed by atoms with van der Waals surface area (Å²) in [6.45, 7) is 0.133. The highest BCUT2D eigenvalue weighted by Gasteiger charge is 2.33. The van der Waals surface area contributed by atoms with Crippen LogP contribution in [0.5, 0.6) is 17.2 Å². The number of amides is 1. The summed E-state index contributed by atoms with van der Waals surface area (Å²) in [5.41, 5.74) is 1.50. The second-order valence-corrected chi connectivity index (χ2v) is 8.89. The van der Waals surface area contributed by atoms with Gasteiger partial charge in [0.25, 0.3) is 0 Å². The van der Waals surface area contributed by atoms with E-state index in [2.05, 4.69) is 20.4 Å². The van der Waals surface area contributed by atoms with Crippen LogP contribution >= 0.6 is 0 Å². The molecule has 0 radical (unpaired) electrons. The maximum atomic E-state index is 14.6. The quantitative estimate of drug-likeness (QED) is 0.368. The summed E-state index contributed by atoms with van der Waals surface area (Å²) in [6.07, 6.45) is -2.49. The molecule has 1 amide bonds. The minimum atomic E-state index is -1.35. The number of likely N-dealkylation sites (tertiary alicyclic amines) is 1. The predicted molar refractivity (Wildman–Crippen MR) is 134 cm³/mol. The van der Waals surface area contributed by atoms with Crippen molar-refractivity contribution in [1.82, 2.24) is 24.5 Å². The number of ether oxygens (including phenoxy) is 3. The Morgan fingerprint density at radius 2 is 1.89 bits per heavy atom. The second-order valence-electron chi connectivity index (χ2n) is 8.89. The van der Waals surface area contributed by atoms with Crippen molar-refractivity contribution in [2.75, 3.05) is 39.7 Å². The van der Waals surface area contributed by atoms with Gasteiger partial charge in [-0.05, 0) is 24.6 Å². The molecule has 2 unspecified atom stereocenters. The lowest BCUT2D eigenvalue weighted by atomic mass is 9.96. The molecule has 2 aromatic heterocycles. The monoisotopic (exact) mass is 528 g/mol. The van der Waals surface area contributed by atoms with Crippen LogP contribution in [0.4, 0.5) is 19.5 Å². The van der Waals surface area contributed by atoms with E-state index in [1.165, 1.54) is 23.8 Å². The van der Waals surface area contributed by atoms with Crippen molar-refractivity contribution in [2.24, 2.45) is 0 Å². The third kappa shape index (κ3) is 4.66. The minimum absolute atomic E-state index is 0.0153. The van der Waals surface area contributed by atoms with Crippen LogP contribution in [0.1, 0.15) is 23.7 Å². The largest absolute Gasteiger partial charge is 0.497 e. The van der Waals surface area contributed by atoms with E-state index in [-0.39, 0.29) is 37.6 Å². The Morgan fingerprint density at radius 3 is 2.61 bits per heavy atom. The second kappa shape index (κ2) is 10.1. The first-order chi connectivity index (χ1) is 18.3. The van der Waals surface area contributed by atoms with E-state index in [1.807, 2.05) is 6.07 Å². The average molecular weight is 529 g/mol. The van der Waals surface area contributed by atoms with Gasteiger partial charge in [-0.3, -0.25) is 0 Å². The van der Waals surface area contributed by atoms with E-state index < -0.39 is 24.0 Å². The van der Waals surface area contributed by atoms with Crippen molar-refractivity contribution < 1.29 is 32.9 Å². The van der Waals surface area contributed by atoms with Gasteiger partial charge >= 0.3 is 6.09 Å². The fourth-order valence-electron chi connectivity index (χ4n) is 4.62. The molecule has 0 bridgehead atoms. The summed E-state index contributed by atoms with van der Waals surface area (Å²) >= 11 is 0. The fourth-order valence-corrected chi connectivity index (χ4v) is 4.62. The standard InChI is InChI=1S/C25H26F2N6O5/c1-36-16-5-4-13(20(7-16)37-2)10-28-24-29-19-9-21(38-3)18(27)8-17(19)23-30-22(31-33(23)24)14-6-15(26)12-32(11-14)25(34)35/h4-5,7-9,14-15H,6,10-12H2,1-3H3,(H,28,29)(H,34,35). The van der Waals surface area contributed by atoms with E-state index in [9.17, 15) is 18.7 Å². The first kappa shape index (κ1) is 25.2. The summed E-state index contributed by atoms with van der Waals surface area (Å²) < 4.78 is 46.3. The Bertz CT molecular complexity index is 1510. The normalized spacial score (nSPS) is 17.6. The maximum Gasteiger partial charge on any atom is 0.407 e. The molecule has 11 nitrogen and oxygen atoms in total. The number of carbonyl (C=O) groups is 1. The molecule has 0 saturated carbocycles. The molecule has 200 valence electrons. The molecule has 5 rings (SSSR count). The number of piperidine rings is 1. The SMILES string of the molecule is COc1ccc(CNc2nc3cc(OC)c(F)cc3c3nc(C4CC(F)CN(C(=O)O)C4)nn23)c(OC)c1. The topological polar surface area (TPSA) is 123 Å². The van der Waals surface area contributed by atoms with Gasteiger partial charge in [-0.1, -0.05) is 0 Å². The first-order valence-electron chi connectivity index (χ1n) is 11.8. The van der Waals surface area contributed by atoms with E-state index in [4.69, 9.17) is 14.2 Å². The van der Waals surface area contributed by atoms with E-state index >= 15 is 0 Å². The van der Waals surface area contributed by atoms with Gasteiger partial charge < -0.3 is 29.5 Å². The Labute approximate surface area is 215 Å². The van der Waals surface area contributed by atoms with Gasteiger partial charge in [0.1, 0.15) is 17.7 Å². The first-order valence-corrected chi connectivity index (χ1v) is 11.8. The fraction of sp³-hybridized carbons (Fsp3) is 0.360. The molecule has 38 heavy (non-hydrogen) atoms. The number of fused-ring (bicyclic) bond motifs is 3. The minimum Gasteiger partial charge on any atom is -0.497 e. The number of methoxy groups -OCH3 is 3. The maximum absolute atomic E-state index is 14.6. The highest BCUT2D eigenvalue weighted by molar-refractivity contribution is 5.93. The number of alkyl halides is 1. The molecule has 1 aliphatic rings. The molecular formula is C25H26F2N6O5. The number of nitrogens with zero attached hydrogens (tertiary/aromatic N) is 5. The van der Waals surface area contributed by atoms with Crippen molar-refractivity contribution in [2.45, 2.75) is 25.1 Å². The molecule has 1 saturated heterocycles. The Hall–Kier alpha value is -4.42. The highest BCUT2D eigenvalue weighted by atomic mass is 19.1. The molecular weight excluding hydrogens is 502 g/mol. The number of hydrogen-bond acceptors (Lipinski definition) is 8. The van der Waals surface area contributed by atoms with E-state index in [0.29, 0.717) is 34.0 Å². The zero-order chi connectivity index (χ0) is 27.0. The average Bonchev–Trinajstić information content (AvgIpc) is 3.37. The molecule has 2 aromatic carbocycles. The summed E-state index contributed by atoms with van der Waals surface area (Å²) in [5, 5.41) is 17.6. The zero-order valence-electron chi connectivity index (χ0n) is 20.9. The Kier molecular flexibility index (Phi) is 6.74. The van der Waals surface area contributed by atoms with Crippen LogP contribution in [0.15, 0.2) is 30.3 Å². The lowest BCUT2D eigenvalue weighted by molar-refractivity contribution is 0.0969. The Morgan fingerprint density at radius 1 is 1.11 bits per heavy atom. The number of aromatic nitrogens is 4. The van der Waals surface area contributed by atoms with E-state index in [0.717, 1.165) is 10.5 Å². The summed E-state index contributed by atoms with van der Waals surface area (Å²) in [4.78, 5) is 21.8. The van der Waals surface area contributed by atoms with Crippen molar-refractivity contribution >= 4 is 28.6 Å². The summed E-state index contributed by atoms with van der Waals surface area (Å²) in [5.74, 6) is 0.608. The molecule has 1 aliphatic heterocycles. The van der Waals surface area contributed by atoms with Gasteiger partial charge in [-0.2, -0.15) is 4.52 Å². The molecule has 2 N–H and O–H groups in total. The van der Waals surface area contributed by atoms with Gasteiger partial charge in [-0.25, -0.2) is 23.5 Å². The van der Waals surface area contributed by atoms with E-state index in [1.54, 1.807) is 26.4 Å². The molecule has 0 aliphatic carbocycles. The van der Waals surface area contributed by atoms with Crippen LogP contribution in [0.2, 0.25) is 0 Å². The zero-order valence-corrected chi connectivity index (χ0v) is 20.9. The molecule has 4 aromatic rings. The highest BCUT2D eigenvalue weighted by Crippen LogP contribution is 2.32. The van der Waals surface area contributed by atoms with Gasteiger partial charge in [-0.15, -0.1) is 5.10 Å². The molecule has 3 heterocycles.